The zero-order valence-electron chi connectivity index (χ0n) is 10.3. The molecule has 1 aromatic heterocycles. The highest BCUT2D eigenvalue weighted by molar-refractivity contribution is 6.42. The van der Waals surface area contributed by atoms with Gasteiger partial charge in [0.05, 0.1) is 26.8 Å². The smallest absolute Gasteiger partial charge is 0.0766 e. The van der Waals surface area contributed by atoms with Gasteiger partial charge in [-0.15, -0.1) is 0 Å². The summed E-state index contributed by atoms with van der Waals surface area (Å²) in [6.45, 7) is 2.82. The van der Waals surface area contributed by atoms with Gasteiger partial charge in [0.25, 0.3) is 0 Å². The minimum Gasteiger partial charge on any atom is -0.305 e. The molecular formula is C14H13Cl3N2. The van der Waals surface area contributed by atoms with Gasteiger partial charge in [-0.1, -0.05) is 53.9 Å². The molecule has 0 spiro atoms. The maximum Gasteiger partial charge on any atom is 0.0766 e. The molecular weight excluding hydrogens is 303 g/mol. The van der Waals surface area contributed by atoms with Crippen molar-refractivity contribution in [3.63, 3.8) is 0 Å². The lowest BCUT2D eigenvalue weighted by Crippen LogP contribution is -2.23. The Balaban J connectivity index is 2.45. The van der Waals surface area contributed by atoms with Crippen LogP contribution in [0.15, 0.2) is 36.5 Å². The van der Waals surface area contributed by atoms with Crippen LogP contribution in [0, 0.1) is 0 Å². The summed E-state index contributed by atoms with van der Waals surface area (Å²) in [4.78, 5) is 4.35. The van der Waals surface area contributed by atoms with Gasteiger partial charge in [0.15, 0.2) is 0 Å². The number of benzene rings is 1. The minimum absolute atomic E-state index is 0.103. The average Bonchev–Trinajstić information content (AvgIpc) is 2.41. The van der Waals surface area contributed by atoms with Gasteiger partial charge < -0.3 is 5.32 Å². The molecule has 19 heavy (non-hydrogen) atoms. The average molecular weight is 316 g/mol. The first kappa shape index (κ1) is 14.6. The second-order valence-corrected chi connectivity index (χ2v) is 5.26. The second-order valence-electron chi connectivity index (χ2n) is 4.04. The fourth-order valence-electron chi connectivity index (χ4n) is 1.88. The van der Waals surface area contributed by atoms with Gasteiger partial charge in [0.1, 0.15) is 0 Å². The highest BCUT2D eigenvalue weighted by Gasteiger charge is 2.18. The van der Waals surface area contributed by atoms with E-state index < -0.39 is 0 Å². The van der Waals surface area contributed by atoms with E-state index in [0.29, 0.717) is 15.1 Å². The summed E-state index contributed by atoms with van der Waals surface area (Å²) in [6, 6.07) is 9.18. The number of pyridine rings is 1. The first-order chi connectivity index (χ1) is 9.13. The molecule has 1 heterocycles. The van der Waals surface area contributed by atoms with Gasteiger partial charge in [-0.2, -0.15) is 0 Å². The van der Waals surface area contributed by atoms with Gasteiger partial charge in [0, 0.05) is 6.20 Å². The molecule has 1 atom stereocenters. The lowest BCUT2D eigenvalue weighted by molar-refractivity contribution is 0.616. The molecule has 1 N–H and O–H groups in total. The second kappa shape index (κ2) is 6.58. The molecule has 0 saturated carbocycles. The molecule has 1 unspecified atom stereocenters. The van der Waals surface area contributed by atoms with Crippen molar-refractivity contribution in [2.24, 2.45) is 0 Å². The van der Waals surface area contributed by atoms with Crippen LogP contribution in [0.5, 0.6) is 0 Å². The number of halogens is 3. The number of aromatic nitrogens is 1. The Kier molecular flexibility index (Phi) is 5.06. The molecule has 100 valence electrons. The van der Waals surface area contributed by atoms with E-state index in [4.69, 9.17) is 34.8 Å². The van der Waals surface area contributed by atoms with E-state index in [0.717, 1.165) is 17.8 Å². The molecule has 0 radical (unpaired) electrons. The van der Waals surface area contributed by atoms with E-state index in [9.17, 15) is 0 Å². The molecule has 2 aromatic rings. The lowest BCUT2D eigenvalue weighted by atomic mass is 10.0. The summed E-state index contributed by atoms with van der Waals surface area (Å²) in [5.74, 6) is 0. The third-order valence-corrected chi connectivity index (χ3v) is 3.80. The monoisotopic (exact) mass is 314 g/mol. The van der Waals surface area contributed by atoms with E-state index in [1.165, 1.54) is 0 Å². The first-order valence-corrected chi connectivity index (χ1v) is 7.05. The van der Waals surface area contributed by atoms with Gasteiger partial charge in [-0.3, -0.25) is 4.98 Å². The van der Waals surface area contributed by atoms with Crippen molar-refractivity contribution >= 4 is 34.8 Å². The van der Waals surface area contributed by atoms with Crippen LogP contribution in [0.3, 0.4) is 0 Å². The summed E-state index contributed by atoms with van der Waals surface area (Å²) in [7, 11) is 0. The Morgan fingerprint density at radius 2 is 1.95 bits per heavy atom. The van der Waals surface area contributed by atoms with Crippen molar-refractivity contribution < 1.29 is 0 Å². The van der Waals surface area contributed by atoms with Crippen molar-refractivity contribution in [3.05, 3.63) is 62.9 Å². The Hall–Kier alpha value is -0.800. The highest BCUT2D eigenvalue weighted by atomic mass is 35.5. The fourth-order valence-corrected chi connectivity index (χ4v) is 2.41. The van der Waals surface area contributed by atoms with Gasteiger partial charge in [-0.25, -0.2) is 0 Å². The largest absolute Gasteiger partial charge is 0.305 e. The van der Waals surface area contributed by atoms with Gasteiger partial charge >= 0.3 is 0 Å². The van der Waals surface area contributed by atoms with Crippen molar-refractivity contribution in [2.75, 3.05) is 6.54 Å². The molecule has 2 rings (SSSR count). The normalized spacial score (nSPS) is 12.4. The Morgan fingerprint density at radius 1 is 1.16 bits per heavy atom. The molecule has 1 aromatic carbocycles. The summed E-state index contributed by atoms with van der Waals surface area (Å²) in [5, 5.41) is 5.05. The topological polar surface area (TPSA) is 24.9 Å². The number of hydrogen-bond donors (Lipinski definition) is 1. The number of rotatable bonds is 4. The maximum absolute atomic E-state index is 6.28. The number of nitrogens with one attached hydrogen (secondary N) is 1. The van der Waals surface area contributed by atoms with E-state index in [-0.39, 0.29) is 6.04 Å². The molecule has 0 fully saturated rings. The van der Waals surface area contributed by atoms with Crippen molar-refractivity contribution in [3.8, 4) is 0 Å². The van der Waals surface area contributed by atoms with Crippen LogP contribution in [0.4, 0.5) is 0 Å². The summed E-state index contributed by atoms with van der Waals surface area (Å²) < 4.78 is 0. The van der Waals surface area contributed by atoms with E-state index in [1.54, 1.807) is 12.3 Å². The van der Waals surface area contributed by atoms with Gasteiger partial charge in [0.2, 0.25) is 0 Å². The molecule has 0 saturated heterocycles. The van der Waals surface area contributed by atoms with Crippen molar-refractivity contribution in [1.82, 2.24) is 10.3 Å². The molecule has 0 amide bonds. The zero-order chi connectivity index (χ0) is 13.8. The molecule has 2 nitrogen and oxygen atoms in total. The summed E-state index contributed by atoms with van der Waals surface area (Å²) in [5.41, 5.74) is 1.77. The SMILES string of the molecule is CCNC(c1ccc(Cl)cn1)c1cccc(Cl)c1Cl. The van der Waals surface area contributed by atoms with E-state index in [1.807, 2.05) is 31.2 Å². The third kappa shape index (κ3) is 3.40. The van der Waals surface area contributed by atoms with Crippen LogP contribution in [0.25, 0.3) is 0 Å². The third-order valence-electron chi connectivity index (χ3n) is 2.75. The van der Waals surface area contributed by atoms with Crippen LogP contribution >= 0.6 is 34.8 Å². The number of hydrogen-bond acceptors (Lipinski definition) is 2. The summed E-state index contributed by atoms with van der Waals surface area (Å²) in [6.07, 6.45) is 1.62. The maximum atomic E-state index is 6.28. The quantitative estimate of drug-likeness (QED) is 0.881. The first-order valence-electron chi connectivity index (χ1n) is 5.92. The molecule has 0 aliphatic heterocycles. The summed E-state index contributed by atoms with van der Waals surface area (Å²) >= 11 is 18.2. The van der Waals surface area contributed by atoms with Crippen molar-refractivity contribution in [1.29, 1.82) is 0 Å². The van der Waals surface area contributed by atoms with Gasteiger partial charge in [-0.05, 0) is 30.3 Å². The lowest BCUT2D eigenvalue weighted by Gasteiger charge is -2.19. The van der Waals surface area contributed by atoms with Crippen LogP contribution in [-0.4, -0.2) is 11.5 Å². The molecule has 0 aliphatic rings. The molecule has 5 heteroatoms. The Bertz CT molecular complexity index is 555. The standard InChI is InChI=1S/C14H13Cl3N2/c1-2-18-14(12-7-6-9(15)8-19-12)10-4-3-5-11(16)13(10)17/h3-8,14,18H,2H2,1H3. The molecule has 0 aliphatic carbocycles. The van der Waals surface area contributed by atoms with E-state index in [2.05, 4.69) is 10.3 Å². The minimum atomic E-state index is -0.103. The Labute approximate surface area is 127 Å². The van der Waals surface area contributed by atoms with Crippen LogP contribution in [-0.2, 0) is 0 Å². The fraction of sp³-hybridized carbons (Fsp3) is 0.214. The van der Waals surface area contributed by atoms with Crippen LogP contribution in [0.2, 0.25) is 15.1 Å². The molecule has 0 bridgehead atoms. The van der Waals surface area contributed by atoms with Crippen LogP contribution < -0.4 is 5.32 Å². The predicted octanol–water partition coefficient (Wildman–Crippen LogP) is 4.74. The Morgan fingerprint density at radius 3 is 2.58 bits per heavy atom. The number of nitrogens with zero attached hydrogens (tertiary/aromatic N) is 1. The van der Waals surface area contributed by atoms with E-state index >= 15 is 0 Å². The highest BCUT2D eigenvalue weighted by Crippen LogP contribution is 2.32. The van der Waals surface area contributed by atoms with Crippen molar-refractivity contribution in [2.45, 2.75) is 13.0 Å². The zero-order valence-corrected chi connectivity index (χ0v) is 12.6. The predicted molar refractivity (Wildman–Crippen MR) is 81.2 cm³/mol. The van der Waals surface area contributed by atoms with Crippen LogP contribution in [0.1, 0.15) is 24.2 Å².